The molecule has 0 saturated heterocycles. The molecule has 96 valence electrons. The van der Waals surface area contributed by atoms with Crippen LogP contribution >= 0.6 is 0 Å². The maximum absolute atomic E-state index is 5.03. The van der Waals surface area contributed by atoms with Crippen LogP contribution in [0.5, 0.6) is 0 Å². The normalized spacial score (nSPS) is 18.0. The molecule has 1 saturated carbocycles. The van der Waals surface area contributed by atoms with Crippen molar-refractivity contribution >= 4 is 0 Å². The van der Waals surface area contributed by atoms with Gasteiger partial charge in [-0.05, 0) is 32.7 Å². The Morgan fingerprint density at radius 2 is 2.19 bits per heavy atom. The molecule has 0 radical (unpaired) electrons. The van der Waals surface area contributed by atoms with Crippen molar-refractivity contribution in [2.45, 2.75) is 51.6 Å². The molecular formula is C13H28N2O. The van der Waals surface area contributed by atoms with Crippen LogP contribution in [0.3, 0.4) is 0 Å². The number of nitrogens with one attached hydrogen (secondary N) is 1. The summed E-state index contributed by atoms with van der Waals surface area (Å²) in [5.41, 5.74) is 0. The number of hydrogen-bond donors (Lipinski definition) is 1. The third-order valence-corrected chi connectivity index (χ3v) is 3.27. The fourth-order valence-corrected chi connectivity index (χ4v) is 2.11. The van der Waals surface area contributed by atoms with E-state index >= 15 is 0 Å². The Labute approximate surface area is 101 Å². The highest BCUT2D eigenvalue weighted by molar-refractivity contribution is 4.87. The van der Waals surface area contributed by atoms with Crippen LogP contribution in [0.2, 0.25) is 0 Å². The summed E-state index contributed by atoms with van der Waals surface area (Å²) < 4.78 is 5.03. The number of hydrogen-bond acceptors (Lipinski definition) is 3. The van der Waals surface area contributed by atoms with Gasteiger partial charge in [-0.15, -0.1) is 0 Å². The van der Waals surface area contributed by atoms with Gasteiger partial charge in [0.25, 0.3) is 0 Å². The van der Waals surface area contributed by atoms with E-state index in [2.05, 4.69) is 24.1 Å². The van der Waals surface area contributed by atoms with Crippen molar-refractivity contribution in [3.63, 3.8) is 0 Å². The fourth-order valence-electron chi connectivity index (χ4n) is 2.11. The lowest BCUT2D eigenvalue weighted by molar-refractivity contribution is 0.176. The molecule has 1 atom stereocenters. The minimum Gasteiger partial charge on any atom is -0.383 e. The summed E-state index contributed by atoms with van der Waals surface area (Å²) in [5.74, 6) is 0. The zero-order chi connectivity index (χ0) is 11.8. The van der Waals surface area contributed by atoms with Crippen LogP contribution in [0.4, 0.5) is 0 Å². The van der Waals surface area contributed by atoms with E-state index in [4.69, 9.17) is 4.74 Å². The van der Waals surface area contributed by atoms with Crippen LogP contribution in [0.15, 0.2) is 0 Å². The Balaban J connectivity index is 2.16. The summed E-state index contributed by atoms with van der Waals surface area (Å²) in [6, 6.07) is 1.54. The van der Waals surface area contributed by atoms with Crippen LogP contribution in [0.1, 0.15) is 39.5 Å². The Kier molecular flexibility index (Phi) is 7.01. The van der Waals surface area contributed by atoms with E-state index in [1.54, 1.807) is 7.11 Å². The summed E-state index contributed by atoms with van der Waals surface area (Å²) in [5, 5.41) is 3.46. The first kappa shape index (κ1) is 13.9. The zero-order valence-electron chi connectivity index (χ0n) is 11.2. The van der Waals surface area contributed by atoms with E-state index < -0.39 is 0 Å². The molecule has 0 spiro atoms. The monoisotopic (exact) mass is 228 g/mol. The molecule has 16 heavy (non-hydrogen) atoms. The van der Waals surface area contributed by atoms with Gasteiger partial charge in [0.2, 0.25) is 0 Å². The standard InChI is InChI=1S/C13H28N2O/c1-4-5-9-15(13-6-7-13)12(2)11-14-8-10-16-3/h12-14H,4-11H2,1-3H3. The molecule has 0 aromatic carbocycles. The average molecular weight is 228 g/mol. The second-order valence-corrected chi connectivity index (χ2v) is 4.87. The van der Waals surface area contributed by atoms with E-state index in [1.165, 1.54) is 32.2 Å². The van der Waals surface area contributed by atoms with Crippen LogP contribution in [-0.4, -0.2) is 50.3 Å². The molecule has 1 aliphatic carbocycles. The molecule has 1 N–H and O–H groups in total. The predicted molar refractivity (Wildman–Crippen MR) is 68.8 cm³/mol. The highest BCUT2D eigenvalue weighted by Gasteiger charge is 2.31. The van der Waals surface area contributed by atoms with Gasteiger partial charge < -0.3 is 10.1 Å². The molecule has 0 bridgehead atoms. The van der Waals surface area contributed by atoms with Crippen LogP contribution in [0, 0.1) is 0 Å². The van der Waals surface area contributed by atoms with E-state index in [-0.39, 0.29) is 0 Å². The second kappa shape index (κ2) is 8.04. The smallest absolute Gasteiger partial charge is 0.0587 e. The zero-order valence-corrected chi connectivity index (χ0v) is 11.2. The van der Waals surface area contributed by atoms with Crippen molar-refractivity contribution in [3.8, 4) is 0 Å². The van der Waals surface area contributed by atoms with Crippen LogP contribution in [0.25, 0.3) is 0 Å². The first-order valence-electron chi connectivity index (χ1n) is 6.75. The second-order valence-electron chi connectivity index (χ2n) is 4.87. The van der Waals surface area contributed by atoms with Gasteiger partial charge in [0, 0.05) is 32.3 Å². The van der Waals surface area contributed by atoms with E-state index in [0.717, 1.165) is 25.7 Å². The quantitative estimate of drug-likeness (QED) is 0.578. The molecule has 0 aliphatic heterocycles. The van der Waals surface area contributed by atoms with Crippen molar-refractivity contribution in [3.05, 3.63) is 0 Å². The maximum Gasteiger partial charge on any atom is 0.0587 e. The molecule has 0 aromatic heterocycles. The molecule has 1 rings (SSSR count). The van der Waals surface area contributed by atoms with Crippen LogP contribution in [-0.2, 0) is 4.74 Å². The van der Waals surface area contributed by atoms with Gasteiger partial charge >= 0.3 is 0 Å². The first-order valence-corrected chi connectivity index (χ1v) is 6.75. The van der Waals surface area contributed by atoms with Gasteiger partial charge in [0.1, 0.15) is 0 Å². The van der Waals surface area contributed by atoms with Gasteiger partial charge in [-0.3, -0.25) is 4.90 Å². The molecule has 1 fully saturated rings. The Hall–Kier alpha value is -0.120. The van der Waals surface area contributed by atoms with E-state index in [1.807, 2.05) is 0 Å². The summed E-state index contributed by atoms with van der Waals surface area (Å²) in [6.07, 6.45) is 5.45. The van der Waals surface area contributed by atoms with Crippen molar-refractivity contribution in [2.75, 3.05) is 33.4 Å². The van der Waals surface area contributed by atoms with Gasteiger partial charge in [0.05, 0.1) is 6.61 Å². The molecule has 0 amide bonds. The molecule has 1 unspecified atom stereocenters. The number of ether oxygens (including phenoxy) is 1. The third-order valence-electron chi connectivity index (χ3n) is 3.27. The minimum atomic E-state index is 0.663. The molecule has 1 aliphatic rings. The van der Waals surface area contributed by atoms with E-state index in [0.29, 0.717) is 6.04 Å². The largest absolute Gasteiger partial charge is 0.383 e. The predicted octanol–water partition coefficient (Wildman–Crippen LogP) is 1.88. The SMILES string of the molecule is CCCCN(C(C)CNCCOC)C1CC1. The Morgan fingerprint density at radius 1 is 1.44 bits per heavy atom. The third kappa shape index (κ3) is 5.28. The van der Waals surface area contributed by atoms with Crippen molar-refractivity contribution < 1.29 is 4.74 Å². The first-order chi connectivity index (χ1) is 7.79. The minimum absolute atomic E-state index is 0.663. The number of unbranched alkanes of at least 4 members (excludes halogenated alkanes) is 1. The van der Waals surface area contributed by atoms with E-state index in [9.17, 15) is 0 Å². The van der Waals surface area contributed by atoms with Gasteiger partial charge in [-0.1, -0.05) is 13.3 Å². The van der Waals surface area contributed by atoms with Crippen LogP contribution < -0.4 is 5.32 Å². The van der Waals surface area contributed by atoms with Crippen molar-refractivity contribution in [2.24, 2.45) is 0 Å². The lowest BCUT2D eigenvalue weighted by atomic mass is 10.2. The highest BCUT2D eigenvalue weighted by Crippen LogP contribution is 2.28. The number of rotatable bonds is 10. The summed E-state index contributed by atoms with van der Waals surface area (Å²) in [7, 11) is 1.75. The lowest BCUT2D eigenvalue weighted by Crippen LogP contribution is -2.42. The summed E-state index contributed by atoms with van der Waals surface area (Å²) >= 11 is 0. The van der Waals surface area contributed by atoms with Gasteiger partial charge in [0.15, 0.2) is 0 Å². The van der Waals surface area contributed by atoms with Crippen molar-refractivity contribution in [1.29, 1.82) is 0 Å². The molecular weight excluding hydrogens is 200 g/mol. The highest BCUT2D eigenvalue weighted by atomic mass is 16.5. The van der Waals surface area contributed by atoms with Gasteiger partial charge in [-0.25, -0.2) is 0 Å². The topological polar surface area (TPSA) is 24.5 Å². The summed E-state index contributed by atoms with van der Waals surface area (Å²) in [4.78, 5) is 2.68. The number of methoxy groups -OCH3 is 1. The molecule has 3 nitrogen and oxygen atoms in total. The fraction of sp³-hybridized carbons (Fsp3) is 1.00. The summed E-state index contributed by atoms with van der Waals surface area (Å²) in [6.45, 7) is 8.75. The molecule has 0 aromatic rings. The molecule has 0 heterocycles. The Morgan fingerprint density at radius 3 is 2.75 bits per heavy atom. The lowest BCUT2D eigenvalue weighted by Gasteiger charge is -2.29. The van der Waals surface area contributed by atoms with Crippen molar-refractivity contribution in [1.82, 2.24) is 10.2 Å². The number of nitrogens with zero attached hydrogens (tertiary/aromatic N) is 1. The average Bonchev–Trinajstić information content (AvgIpc) is 3.09. The maximum atomic E-state index is 5.03. The Bertz CT molecular complexity index is 171. The molecule has 3 heteroatoms. The van der Waals surface area contributed by atoms with Gasteiger partial charge in [-0.2, -0.15) is 0 Å².